The van der Waals surface area contributed by atoms with Crippen molar-refractivity contribution in [1.29, 1.82) is 0 Å². The number of sulfone groups is 1. The highest BCUT2D eigenvalue weighted by Crippen LogP contribution is 2.29. The standard InChI is InChI=1S/C20H23NO4S/c1-26(23,24)18-9-10-19-17(14-18)8-5-12-21(19)20(22)15-25-13-11-16-6-3-2-4-7-16/h2-4,6-7,9-10,14H,5,8,11-13,15H2,1H3. The Balaban J connectivity index is 1.61. The van der Waals surface area contributed by atoms with Crippen LogP contribution in [0.3, 0.4) is 0 Å². The van der Waals surface area contributed by atoms with Crippen LogP contribution in [0.5, 0.6) is 0 Å². The molecule has 0 saturated heterocycles. The van der Waals surface area contributed by atoms with E-state index in [2.05, 4.69) is 0 Å². The molecular weight excluding hydrogens is 350 g/mol. The molecular formula is C20H23NO4S. The van der Waals surface area contributed by atoms with Gasteiger partial charge < -0.3 is 9.64 Å². The van der Waals surface area contributed by atoms with Crippen molar-refractivity contribution in [1.82, 2.24) is 0 Å². The number of anilines is 1. The second kappa shape index (κ2) is 8.01. The summed E-state index contributed by atoms with van der Waals surface area (Å²) in [5, 5.41) is 0. The minimum Gasteiger partial charge on any atom is -0.371 e. The van der Waals surface area contributed by atoms with E-state index in [0.717, 1.165) is 30.5 Å². The molecule has 5 nitrogen and oxygen atoms in total. The zero-order valence-corrected chi connectivity index (χ0v) is 15.7. The lowest BCUT2D eigenvalue weighted by atomic mass is 10.0. The molecule has 2 aromatic carbocycles. The van der Waals surface area contributed by atoms with Gasteiger partial charge in [0, 0.05) is 18.5 Å². The van der Waals surface area contributed by atoms with E-state index < -0.39 is 9.84 Å². The highest BCUT2D eigenvalue weighted by atomic mass is 32.2. The molecule has 3 rings (SSSR count). The van der Waals surface area contributed by atoms with Crippen molar-refractivity contribution in [3.63, 3.8) is 0 Å². The zero-order valence-electron chi connectivity index (χ0n) is 14.8. The van der Waals surface area contributed by atoms with Crippen LogP contribution in [-0.2, 0) is 32.2 Å². The van der Waals surface area contributed by atoms with Gasteiger partial charge in [0.15, 0.2) is 9.84 Å². The Labute approximate surface area is 154 Å². The maximum atomic E-state index is 12.5. The predicted molar refractivity (Wildman–Crippen MR) is 101 cm³/mol. The Hall–Kier alpha value is -2.18. The Morgan fingerprint density at radius 1 is 1.15 bits per heavy atom. The predicted octanol–water partition coefficient (Wildman–Crippen LogP) is 2.63. The molecule has 1 aliphatic rings. The van der Waals surface area contributed by atoms with Crippen LogP contribution in [-0.4, -0.2) is 40.3 Å². The molecule has 138 valence electrons. The zero-order chi connectivity index (χ0) is 18.6. The number of carbonyl (C=O) groups excluding carboxylic acids is 1. The molecule has 0 fully saturated rings. The fourth-order valence-electron chi connectivity index (χ4n) is 3.14. The van der Waals surface area contributed by atoms with Gasteiger partial charge in [0.1, 0.15) is 6.61 Å². The molecule has 1 amide bonds. The number of benzene rings is 2. The largest absolute Gasteiger partial charge is 0.371 e. The molecule has 0 saturated carbocycles. The number of ether oxygens (including phenoxy) is 1. The molecule has 0 aliphatic carbocycles. The molecule has 0 aromatic heterocycles. The van der Waals surface area contributed by atoms with Crippen LogP contribution in [0.4, 0.5) is 5.69 Å². The first-order chi connectivity index (χ1) is 12.4. The summed E-state index contributed by atoms with van der Waals surface area (Å²) in [5.74, 6) is -0.0916. The van der Waals surface area contributed by atoms with Crippen molar-refractivity contribution in [2.75, 3.05) is 30.9 Å². The fourth-order valence-corrected chi connectivity index (χ4v) is 3.81. The van der Waals surface area contributed by atoms with E-state index in [1.165, 1.54) is 11.8 Å². The normalized spacial score (nSPS) is 14.1. The Bertz CT molecular complexity index is 878. The van der Waals surface area contributed by atoms with E-state index in [1.807, 2.05) is 30.3 Å². The van der Waals surface area contributed by atoms with Gasteiger partial charge in [0.2, 0.25) is 0 Å². The van der Waals surface area contributed by atoms with Crippen molar-refractivity contribution in [2.45, 2.75) is 24.2 Å². The summed E-state index contributed by atoms with van der Waals surface area (Å²) in [6, 6.07) is 15.0. The van der Waals surface area contributed by atoms with Crippen molar-refractivity contribution >= 4 is 21.4 Å². The van der Waals surface area contributed by atoms with Crippen molar-refractivity contribution in [2.24, 2.45) is 0 Å². The molecule has 26 heavy (non-hydrogen) atoms. The lowest BCUT2D eigenvalue weighted by Gasteiger charge is -2.29. The number of nitrogens with zero attached hydrogens (tertiary/aromatic N) is 1. The number of rotatable bonds is 6. The van der Waals surface area contributed by atoms with E-state index in [4.69, 9.17) is 4.74 Å². The first-order valence-corrected chi connectivity index (χ1v) is 10.6. The molecule has 0 atom stereocenters. The number of carbonyl (C=O) groups is 1. The highest BCUT2D eigenvalue weighted by molar-refractivity contribution is 7.90. The number of fused-ring (bicyclic) bond motifs is 1. The van der Waals surface area contributed by atoms with Crippen LogP contribution in [0.2, 0.25) is 0 Å². The second-order valence-corrected chi connectivity index (χ2v) is 8.52. The van der Waals surface area contributed by atoms with Gasteiger partial charge in [-0.2, -0.15) is 0 Å². The average molecular weight is 373 g/mol. The second-order valence-electron chi connectivity index (χ2n) is 6.50. The summed E-state index contributed by atoms with van der Waals surface area (Å²) in [6.07, 6.45) is 3.55. The van der Waals surface area contributed by atoms with Crippen molar-refractivity contribution < 1.29 is 17.9 Å². The third kappa shape index (κ3) is 4.51. The molecule has 0 N–H and O–H groups in total. The summed E-state index contributed by atoms with van der Waals surface area (Å²) >= 11 is 0. The fraction of sp³-hybridized carbons (Fsp3) is 0.350. The average Bonchev–Trinajstić information content (AvgIpc) is 2.64. The molecule has 2 aromatic rings. The number of hydrogen-bond acceptors (Lipinski definition) is 4. The minimum absolute atomic E-state index is 0.0279. The lowest BCUT2D eigenvalue weighted by Crippen LogP contribution is -2.38. The van der Waals surface area contributed by atoms with Crippen molar-refractivity contribution in [3.05, 3.63) is 59.7 Å². The van der Waals surface area contributed by atoms with Gasteiger partial charge in [-0.1, -0.05) is 30.3 Å². The summed E-state index contributed by atoms with van der Waals surface area (Å²) in [4.78, 5) is 14.5. The van der Waals surface area contributed by atoms with E-state index in [1.54, 1.807) is 23.1 Å². The SMILES string of the molecule is CS(=O)(=O)c1ccc2c(c1)CCCN2C(=O)COCCc1ccccc1. The highest BCUT2D eigenvalue weighted by Gasteiger charge is 2.23. The molecule has 1 aliphatic heterocycles. The third-order valence-electron chi connectivity index (χ3n) is 4.50. The van der Waals surface area contributed by atoms with Gasteiger partial charge in [-0.15, -0.1) is 0 Å². The summed E-state index contributed by atoms with van der Waals surface area (Å²) < 4.78 is 29.0. The molecule has 0 bridgehead atoms. The van der Waals surface area contributed by atoms with Crippen LogP contribution >= 0.6 is 0 Å². The molecule has 6 heteroatoms. The van der Waals surface area contributed by atoms with E-state index in [0.29, 0.717) is 18.0 Å². The van der Waals surface area contributed by atoms with Crippen molar-refractivity contribution in [3.8, 4) is 0 Å². The molecule has 0 spiro atoms. The van der Waals surface area contributed by atoms with E-state index >= 15 is 0 Å². The van der Waals surface area contributed by atoms with E-state index in [-0.39, 0.29) is 12.5 Å². The molecule has 0 radical (unpaired) electrons. The minimum atomic E-state index is -3.25. The number of aryl methyl sites for hydroxylation is 1. The monoisotopic (exact) mass is 373 g/mol. The summed E-state index contributed by atoms with van der Waals surface area (Å²) in [7, 11) is -3.25. The smallest absolute Gasteiger partial charge is 0.252 e. The molecule has 0 unspecified atom stereocenters. The molecule has 1 heterocycles. The van der Waals surface area contributed by atoms with Crippen LogP contribution < -0.4 is 4.90 Å². The van der Waals surface area contributed by atoms with Gasteiger partial charge in [-0.05, 0) is 48.6 Å². The topological polar surface area (TPSA) is 63.7 Å². The summed E-state index contributed by atoms with van der Waals surface area (Å²) in [6.45, 7) is 1.15. The van der Waals surface area contributed by atoms with E-state index in [9.17, 15) is 13.2 Å². The van der Waals surface area contributed by atoms with Gasteiger partial charge in [-0.25, -0.2) is 8.42 Å². The van der Waals surface area contributed by atoms with Gasteiger partial charge in [0.05, 0.1) is 11.5 Å². The van der Waals surface area contributed by atoms with Gasteiger partial charge in [0.25, 0.3) is 5.91 Å². The first-order valence-electron chi connectivity index (χ1n) is 8.70. The summed E-state index contributed by atoms with van der Waals surface area (Å²) in [5.41, 5.74) is 2.87. The Morgan fingerprint density at radius 2 is 1.92 bits per heavy atom. The maximum absolute atomic E-state index is 12.5. The van der Waals surface area contributed by atoms with Crippen LogP contribution in [0.25, 0.3) is 0 Å². The van der Waals surface area contributed by atoms with Gasteiger partial charge in [-0.3, -0.25) is 4.79 Å². The first kappa shape index (κ1) is 18.6. The maximum Gasteiger partial charge on any atom is 0.252 e. The van der Waals surface area contributed by atoms with Crippen LogP contribution in [0.1, 0.15) is 17.5 Å². The number of hydrogen-bond donors (Lipinski definition) is 0. The Kier molecular flexibility index (Phi) is 5.74. The quantitative estimate of drug-likeness (QED) is 0.730. The number of amides is 1. The van der Waals surface area contributed by atoms with Crippen LogP contribution in [0.15, 0.2) is 53.4 Å². The van der Waals surface area contributed by atoms with Crippen LogP contribution in [0, 0.1) is 0 Å². The third-order valence-corrected chi connectivity index (χ3v) is 5.61. The lowest BCUT2D eigenvalue weighted by molar-refractivity contribution is -0.123. The Morgan fingerprint density at radius 3 is 2.65 bits per heavy atom. The van der Waals surface area contributed by atoms with Gasteiger partial charge >= 0.3 is 0 Å².